The number of hydrogen-bond donors (Lipinski definition) is 2. The van der Waals surface area contributed by atoms with Gasteiger partial charge in [-0.3, -0.25) is 4.79 Å². The van der Waals surface area contributed by atoms with Gasteiger partial charge in [-0.25, -0.2) is 4.98 Å². The molecule has 8 nitrogen and oxygen atoms in total. The Bertz CT molecular complexity index is 1110. The number of imidazole rings is 1. The zero-order chi connectivity index (χ0) is 21.5. The van der Waals surface area contributed by atoms with Crippen LogP contribution >= 0.6 is 0 Å². The number of H-pyrrole nitrogens is 1. The maximum atomic E-state index is 12.5. The number of carbonyl (C=O) groups is 1. The van der Waals surface area contributed by atoms with Crippen molar-refractivity contribution in [3.63, 3.8) is 0 Å². The minimum atomic E-state index is -0.154. The van der Waals surface area contributed by atoms with Crippen LogP contribution in [0.3, 0.4) is 0 Å². The van der Waals surface area contributed by atoms with Crippen molar-refractivity contribution in [2.45, 2.75) is 38.8 Å². The Kier molecular flexibility index (Phi) is 6.47. The number of aryl methyl sites for hydroxylation is 1. The van der Waals surface area contributed by atoms with Crippen molar-refractivity contribution in [2.75, 3.05) is 0 Å². The monoisotopic (exact) mass is 415 g/mol. The molecule has 0 aliphatic carbocycles. The summed E-state index contributed by atoms with van der Waals surface area (Å²) < 4.78 is 0. The van der Waals surface area contributed by atoms with E-state index in [2.05, 4.69) is 30.7 Å². The Hall–Kier alpha value is -3.81. The summed E-state index contributed by atoms with van der Waals surface area (Å²) in [5, 5.41) is 15.6. The number of hydrogen-bond acceptors (Lipinski definition) is 5. The fraction of sp³-hybridized carbons (Fsp3) is 0.261. The molecule has 1 atom stereocenters. The summed E-state index contributed by atoms with van der Waals surface area (Å²) in [6.45, 7) is 2.56. The lowest BCUT2D eigenvalue weighted by Crippen LogP contribution is -2.29. The summed E-state index contributed by atoms with van der Waals surface area (Å²) in [7, 11) is 0. The van der Waals surface area contributed by atoms with Crippen LogP contribution in [-0.2, 0) is 11.3 Å². The van der Waals surface area contributed by atoms with Crippen LogP contribution < -0.4 is 5.32 Å². The van der Waals surface area contributed by atoms with Crippen LogP contribution in [0, 0.1) is 0 Å². The van der Waals surface area contributed by atoms with Crippen LogP contribution in [0.5, 0.6) is 0 Å². The zero-order valence-corrected chi connectivity index (χ0v) is 17.4. The van der Waals surface area contributed by atoms with Crippen molar-refractivity contribution in [1.82, 2.24) is 35.5 Å². The molecule has 0 saturated carbocycles. The number of aromatic amines is 1. The second kappa shape index (κ2) is 9.80. The average Bonchev–Trinajstić information content (AvgIpc) is 3.49. The van der Waals surface area contributed by atoms with E-state index in [0.717, 1.165) is 29.1 Å². The molecule has 2 N–H and O–H groups in total. The molecule has 8 heteroatoms. The Balaban J connectivity index is 1.28. The second-order valence-corrected chi connectivity index (χ2v) is 7.26. The highest BCUT2D eigenvalue weighted by atomic mass is 16.1. The third-order valence-corrected chi connectivity index (χ3v) is 5.00. The van der Waals surface area contributed by atoms with Gasteiger partial charge in [-0.05, 0) is 23.6 Å². The van der Waals surface area contributed by atoms with E-state index in [1.807, 2.05) is 67.6 Å². The molecule has 0 radical (unpaired) electrons. The Labute approximate surface area is 180 Å². The van der Waals surface area contributed by atoms with Crippen molar-refractivity contribution >= 4 is 5.91 Å². The van der Waals surface area contributed by atoms with E-state index in [9.17, 15) is 4.79 Å². The van der Waals surface area contributed by atoms with Gasteiger partial charge in [0.25, 0.3) is 0 Å². The summed E-state index contributed by atoms with van der Waals surface area (Å²) in [5.41, 5.74) is 2.93. The molecule has 2 aromatic heterocycles. The minimum absolute atomic E-state index is 0.0205. The molecule has 2 heterocycles. The molecule has 4 aromatic rings. The molecule has 0 saturated heterocycles. The lowest BCUT2D eigenvalue weighted by molar-refractivity contribution is -0.122. The van der Waals surface area contributed by atoms with Crippen molar-refractivity contribution in [2.24, 2.45) is 0 Å². The number of aromatic nitrogens is 6. The van der Waals surface area contributed by atoms with E-state index in [1.54, 1.807) is 6.20 Å². The first kappa shape index (κ1) is 20.5. The fourth-order valence-corrected chi connectivity index (χ4v) is 3.33. The third kappa shape index (κ3) is 5.22. The van der Waals surface area contributed by atoms with Crippen LogP contribution in [0.4, 0.5) is 0 Å². The van der Waals surface area contributed by atoms with E-state index >= 15 is 0 Å². The molecule has 2 aromatic carbocycles. The normalized spacial score (nSPS) is 11.9. The van der Waals surface area contributed by atoms with Gasteiger partial charge in [-0.15, -0.1) is 10.2 Å². The molecular formula is C23H25N7O. The van der Waals surface area contributed by atoms with Gasteiger partial charge in [0.15, 0.2) is 0 Å². The smallest absolute Gasteiger partial charge is 0.220 e. The van der Waals surface area contributed by atoms with Gasteiger partial charge in [0.2, 0.25) is 11.7 Å². The molecule has 0 bridgehead atoms. The standard InChI is InChI=1S/C23H25N7O/c1-2-19(23-24-16-20(26-23)17-10-5-3-6-11-17)25-21(31)14-9-15-30-28-22(27-29-30)18-12-7-4-8-13-18/h3-8,10-13,16,19H,2,9,14-15H2,1H3,(H,24,26)(H,25,31). The van der Waals surface area contributed by atoms with Crippen LogP contribution in [-0.4, -0.2) is 36.1 Å². The largest absolute Gasteiger partial charge is 0.346 e. The van der Waals surface area contributed by atoms with Crippen LogP contribution in [0.25, 0.3) is 22.6 Å². The first-order chi connectivity index (χ1) is 15.2. The molecule has 0 fully saturated rings. The van der Waals surface area contributed by atoms with Crippen molar-refractivity contribution in [3.05, 3.63) is 72.7 Å². The molecule has 4 rings (SSSR count). The predicted molar refractivity (Wildman–Crippen MR) is 118 cm³/mol. The maximum Gasteiger partial charge on any atom is 0.220 e. The summed E-state index contributed by atoms with van der Waals surface area (Å²) in [6, 6.07) is 19.6. The van der Waals surface area contributed by atoms with E-state index in [4.69, 9.17) is 0 Å². The van der Waals surface area contributed by atoms with Gasteiger partial charge in [0.05, 0.1) is 24.5 Å². The summed E-state index contributed by atoms with van der Waals surface area (Å²) in [6.07, 6.45) is 3.56. The van der Waals surface area contributed by atoms with E-state index in [1.165, 1.54) is 4.80 Å². The van der Waals surface area contributed by atoms with Crippen LogP contribution in [0.2, 0.25) is 0 Å². The SMILES string of the molecule is CCC(NC(=O)CCCn1nnc(-c2ccccc2)n1)c1ncc(-c2ccccc2)[nH]1. The maximum absolute atomic E-state index is 12.5. The zero-order valence-electron chi connectivity index (χ0n) is 17.4. The van der Waals surface area contributed by atoms with Crippen molar-refractivity contribution < 1.29 is 4.79 Å². The molecule has 1 amide bonds. The quantitative estimate of drug-likeness (QED) is 0.433. The minimum Gasteiger partial charge on any atom is -0.346 e. The molecular weight excluding hydrogens is 390 g/mol. The van der Waals surface area contributed by atoms with Gasteiger partial charge in [-0.1, -0.05) is 67.6 Å². The van der Waals surface area contributed by atoms with Gasteiger partial charge in [0, 0.05) is 12.0 Å². The Morgan fingerprint density at radius 3 is 2.48 bits per heavy atom. The third-order valence-electron chi connectivity index (χ3n) is 5.00. The number of nitrogens with one attached hydrogen (secondary N) is 2. The highest BCUT2D eigenvalue weighted by molar-refractivity contribution is 5.76. The number of benzene rings is 2. The van der Waals surface area contributed by atoms with E-state index in [0.29, 0.717) is 25.2 Å². The summed E-state index contributed by atoms with van der Waals surface area (Å²) >= 11 is 0. The fourth-order valence-electron chi connectivity index (χ4n) is 3.33. The van der Waals surface area contributed by atoms with Gasteiger partial charge in [0.1, 0.15) is 5.82 Å². The lowest BCUT2D eigenvalue weighted by Gasteiger charge is -2.14. The van der Waals surface area contributed by atoms with E-state index in [-0.39, 0.29) is 11.9 Å². The first-order valence-corrected chi connectivity index (χ1v) is 10.5. The van der Waals surface area contributed by atoms with Gasteiger partial charge >= 0.3 is 0 Å². The molecule has 0 aliphatic rings. The number of rotatable bonds is 9. The number of nitrogens with zero attached hydrogens (tertiary/aromatic N) is 5. The topological polar surface area (TPSA) is 101 Å². The second-order valence-electron chi connectivity index (χ2n) is 7.26. The van der Waals surface area contributed by atoms with Crippen molar-refractivity contribution in [3.8, 4) is 22.6 Å². The highest BCUT2D eigenvalue weighted by Gasteiger charge is 2.16. The predicted octanol–water partition coefficient (Wildman–Crippen LogP) is 3.78. The molecule has 1 unspecified atom stereocenters. The van der Waals surface area contributed by atoms with Gasteiger partial charge < -0.3 is 10.3 Å². The Morgan fingerprint density at radius 2 is 1.77 bits per heavy atom. The summed E-state index contributed by atoms with van der Waals surface area (Å²) in [5.74, 6) is 1.33. The van der Waals surface area contributed by atoms with E-state index < -0.39 is 0 Å². The molecule has 158 valence electrons. The number of amides is 1. The van der Waals surface area contributed by atoms with Crippen LogP contribution in [0.15, 0.2) is 66.9 Å². The highest BCUT2D eigenvalue weighted by Crippen LogP contribution is 2.20. The van der Waals surface area contributed by atoms with Crippen LogP contribution in [0.1, 0.15) is 38.1 Å². The number of carbonyl (C=O) groups excluding carboxylic acids is 1. The molecule has 0 spiro atoms. The lowest BCUT2D eigenvalue weighted by atomic mass is 10.2. The molecule has 31 heavy (non-hydrogen) atoms. The molecule has 0 aliphatic heterocycles. The van der Waals surface area contributed by atoms with Crippen molar-refractivity contribution in [1.29, 1.82) is 0 Å². The number of tetrazole rings is 1. The summed E-state index contributed by atoms with van der Waals surface area (Å²) in [4.78, 5) is 21.8. The Morgan fingerprint density at radius 1 is 1.06 bits per heavy atom. The first-order valence-electron chi connectivity index (χ1n) is 10.5. The van der Waals surface area contributed by atoms with Gasteiger partial charge in [-0.2, -0.15) is 4.80 Å². The average molecular weight is 416 g/mol.